The summed E-state index contributed by atoms with van der Waals surface area (Å²) in [6, 6.07) is 14.0. The van der Waals surface area contributed by atoms with Crippen LogP contribution in [0.3, 0.4) is 0 Å². The Hall–Kier alpha value is -2.88. The van der Waals surface area contributed by atoms with Crippen LogP contribution in [0, 0.1) is 11.5 Å². The minimum Gasteiger partial charge on any atom is -0.507 e. The molecule has 1 aromatic heterocycles. The van der Waals surface area contributed by atoms with Crippen molar-refractivity contribution in [2.45, 2.75) is 38.5 Å². The van der Waals surface area contributed by atoms with Gasteiger partial charge < -0.3 is 15.3 Å². The quantitative estimate of drug-likeness (QED) is 0.464. The van der Waals surface area contributed by atoms with Gasteiger partial charge in [0.05, 0.1) is 0 Å². The Morgan fingerprint density at radius 1 is 1.10 bits per heavy atom. The van der Waals surface area contributed by atoms with Gasteiger partial charge in [-0.05, 0) is 44.6 Å². The number of anilines is 1. The van der Waals surface area contributed by atoms with Crippen LogP contribution in [0.2, 0.25) is 19.6 Å². The number of nitrogens with one attached hydrogen (secondary N) is 1. The maximum Gasteiger partial charge on any atom is 0.156 e. The predicted octanol–water partition coefficient (Wildman–Crippen LogP) is 4.74. The maximum absolute atomic E-state index is 10.7. The van der Waals surface area contributed by atoms with E-state index in [1.165, 1.54) is 6.42 Å². The van der Waals surface area contributed by atoms with Crippen molar-refractivity contribution >= 4 is 24.7 Å². The van der Waals surface area contributed by atoms with Crippen LogP contribution >= 0.6 is 0 Å². The first kappa shape index (κ1) is 21.4. The lowest BCUT2D eigenvalue weighted by atomic mass is 10.0. The number of phenolic OH excluding ortho intramolecular Hbond substituents is 1. The van der Waals surface area contributed by atoms with Crippen molar-refractivity contribution in [1.82, 2.24) is 15.1 Å². The molecule has 0 amide bonds. The van der Waals surface area contributed by atoms with E-state index in [1.54, 1.807) is 6.07 Å². The van der Waals surface area contributed by atoms with Gasteiger partial charge in [-0.3, -0.25) is 0 Å². The Balaban J connectivity index is 1.70. The molecule has 1 unspecified atom stereocenters. The Morgan fingerprint density at radius 2 is 1.87 bits per heavy atom. The fourth-order valence-electron chi connectivity index (χ4n) is 3.96. The summed E-state index contributed by atoms with van der Waals surface area (Å²) in [6.07, 6.45) is 2.31. The van der Waals surface area contributed by atoms with Crippen molar-refractivity contribution in [3.8, 4) is 28.5 Å². The number of likely N-dealkylation sites (N-methyl/N-ethyl adjacent to an activating group) is 1. The molecule has 0 aliphatic carbocycles. The zero-order valence-electron chi connectivity index (χ0n) is 18.7. The zero-order chi connectivity index (χ0) is 22.0. The molecule has 0 bridgehead atoms. The molecule has 0 spiro atoms. The fourth-order valence-corrected chi connectivity index (χ4v) is 4.48. The Kier molecular flexibility index (Phi) is 5.99. The lowest BCUT2D eigenvalue weighted by molar-refractivity contribution is 0.261. The minimum atomic E-state index is -1.48. The highest BCUT2D eigenvalue weighted by molar-refractivity contribution is 6.83. The number of hydrogen-bond acceptors (Lipinski definition) is 5. The number of piperidine rings is 1. The summed E-state index contributed by atoms with van der Waals surface area (Å²) < 4.78 is 0. The van der Waals surface area contributed by atoms with Gasteiger partial charge in [-0.15, -0.1) is 15.7 Å². The number of likely N-dealkylation sites (tertiary alicyclic amines) is 1. The van der Waals surface area contributed by atoms with E-state index in [-0.39, 0.29) is 5.75 Å². The van der Waals surface area contributed by atoms with Crippen molar-refractivity contribution in [1.29, 1.82) is 0 Å². The van der Waals surface area contributed by atoms with E-state index in [1.807, 2.05) is 30.3 Å². The Labute approximate surface area is 185 Å². The van der Waals surface area contributed by atoms with Crippen molar-refractivity contribution in [3.63, 3.8) is 0 Å². The summed E-state index contributed by atoms with van der Waals surface area (Å²) >= 11 is 0. The number of benzene rings is 2. The van der Waals surface area contributed by atoms with Gasteiger partial charge in [0.15, 0.2) is 5.82 Å². The molecule has 3 aromatic rings. The topological polar surface area (TPSA) is 61.3 Å². The molecule has 1 fully saturated rings. The van der Waals surface area contributed by atoms with Gasteiger partial charge in [-0.2, -0.15) is 0 Å². The zero-order valence-corrected chi connectivity index (χ0v) is 19.7. The maximum atomic E-state index is 10.7. The third-order valence-corrected chi connectivity index (χ3v) is 6.36. The number of fused-ring (bicyclic) bond motifs is 1. The van der Waals surface area contributed by atoms with Gasteiger partial charge >= 0.3 is 0 Å². The number of phenols is 1. The highest BCUT2D eigenvalue weighted by Gasteiger charge is 2.20. The fraction of sp³-hybridized carbons (Fsp3) is 0.360. The summed E-state index contributed by atoms with van der Waals surface area (Å²) in [6.45, 7) is 8.75. The van der Waals surface area contributed by atoms with Crippen LogP contribution in [0.4, 0.5) is 5.82 Å². The minimum absolute atomic E-state index is 0.177. The van der Waals surface area contributed by atoms with E-state index in [4.69, 9.17) is 0 Å². The third kappa shape index (κ3) is 5.06. The van der Waals surface area contributed by atoms with E-state index >= 15 is 0 Å². The Bertz CT molecular complexity index is 1160. The van der Waals surface area contributed by atoms with Crippen LogP contribution in [-0.2, 0) is 0 Å². The second-order valence-corrected chi connectivity index (χ2v) is 14.2. The molecule has 1 atom stereocenters. The second kappa shape index (κ2) is 8.70. The third-order valence-electron chi connectivity index (χ3n) is 5.49. The predicted molar refractivity (Wildman–Crippen MR) is 131 cm³/mol. The van der Waals surface area contributed by atoms with Crippen LogP contribution in [0.5, 0.6) is 5.75 Å². The smallest absolute Gasteiger partial charge is 0.156 e. The standard InChI is InChI=1S/C25H30N4OSi/c1-29-14-7-8-19(17-29)26-25-21-10-6-5-9-20(21)24(27-28-25)22-12-11-18(16-23(22)30)13-15-31(2,3)4/h5-6,9-12,16,19,30H,7-8,14,17H2,1-4H3,(H,26,28). The first-order chi connectivity index (χ1) is 14.8. The van der Waals surface area contributed by atoms with E-state index < -0.39 is 8.07 Å². The molecule has 1 aliphatic heterocycles. The number of aromatic hydroxyl groups is 1. The summed E-state index contributed by atoms with van der Waals surface area (Å²) in [5.74, 6) is 4.18. The van der Waals surface area contributed by atoms with Crippen molar-refractivity contribution < 1.29 is 5.11 Å². The van der Waals surface area contributed by atoms with E-state index in [9.17, 15) is 5.11 Å². The molecule has 1 saturated heterocycles. The van der Waals surface area contributed by atoms with Crippen molar-refractivity contribution in [2.24, 2.45) is 0 Å². The lowest BCUT2D eigenvalue weighted by Gasteiger charge is -2.30. The number of rotatable bonds is 3. The second-order valence-electron chi connectivity index (χ2n) is 9.42. The summed E-state index contributed by atoms with van der Waals surface area (Å²) in [5, 5.41) is 25.4. The monoisotopic (exact) mass is 430 g/mol. The van der Waals surface area contributed by atoms with Gasteiger partial charge in [0.1, 0.15) is 19.5 Å². The van der Waals surface area contributed by atoms with E-state index in [2.05, 4.69) is 64.6 Å². The molecule has 6 heteroatoms. The first-order valence-electron chi connectivity index (χ1n) is 10.9. The van der Waals surface area contributed by atoms with Gasteiger partial charge in [0.2, 0.25) is 0 Å². The SMILES string of the molecule is CN1CCCC(Nc2nnc(-c3ccc(C#C[Si](C)(C)C)cc3O)c3ccccc23)C1. The number of nitrogens with zero attached hydrogens (tertiary/aromatic N) is 3. The normalized spacial score (nSPS) is 17.2. The summed E-state index contributed by atoms with van der Waals surface area (Å²) in [7, 11) is 0.678. The molecule has 2 aromatic carbocycles. The Morgan fingerprint density at radius 3 is 2.58 bits per heavy atom. The van der Waals surface area contributed by atoms with Crippen LogP contribution in [0.1, 0.15) is 18.4 Å². The van der Waals surface area contributed by atoms with Crippen molar-refractivity contribution in [2.75, 3.05) is 25.5 Å². The molecule has 2 heterocycles. The average molecular weight is 431 g/mol. The molecular weight excluding hydrogens is 400 g/mol. The van der Waals surface area contributed by atoms with Gasteiger partial charge in [0, 0.05) is 34.5 Å². The van der Waals surface area contributed by atoms with Crippen molar-refractivity contribution in [3.05, 3.63) is 48.0 Å². The molecule has 4 rings (SSSR count). The number of aromatic nitrogens is 2. The van der Waals surface area contributed by atoms with Crippen LogP contribution < -0.4 is 5.32 Å². The molecule has 1 aliphatic rings. The largest absolute Gasteiger partial charge is 0.507 e. The molecule has 160 valence electrons. The molecule has 5 nitrogen and oxygen atoms in total. The lowest BCUT2D eigenvalue weighted by Crippen LogP contribution is -2.40. The molecular formula is C25H30N4OSi. The summed E-state index contributed by atoms with van der Waals surface area (Å²) in [5.41, 5.74) is 5.52. The van der Waals surface area contributed by atoms with Crippen LogP contribution in [0.25, 0.3) is 22.0 Å². The molecule has 2 N–H and O–H groups in total. The van der Waals surface area contributed by atoms with E-state index in [0.717, 1.165) is 41.7 Å². The first-order valence-corrected chi connectivity index (χ1v) is 14.4. The highest BCUT2D eigenvalue weighted by Crippen LogP contribution is 2.35. The van der Waals surface area contributed by atoms with Gasteiger partial charge in [0.25, 0.3) is 0 Å². The van der Waals surface area contributed by atoms with Crippen LogP contribution in [0.15, 0.2) is 42.5 Å². The number of hydrogen-bond donors (Lipinski definition) is 2. The van der Waals surface area contributed by atoms with Crippen LogP contribution in [-0.4, -0.2) is 54.5 Å². The van der Waals surface area contributed by atoms with Gasteiger partial charge in [-0.25, -0.2) is 0 Å². The van der Waals surface area contributed by atoms with Gasteiger partial charge in [-0.1, -0.05) is 49.8 Å². The summed E-state index contributed by atoms with van der Waals surface area (Å²) in [4.78, 5) is 2.34. The van der Waals surface area contributed by atoms with E-state index in [0.29, 0.717) is 17.3 Å². The average Bonchev–Trinajstić information content (AvgIpc) is 2.73. The molecule has 31 heavy (non-hydrogen) atoms. The molecule has 0 saturated carbocycles. The molecule has 0 radical (unpaired) electrons. The highest BCUT2D eigenvalue weighted by atomic mass is 28.3.